The van der Waals surface area contributed by atoms with Gasteiger partial charge in [0.1, 0.15) is 0 Å². The van der Waals surface area contributed by atoms with Gasteiger partial charge in [0.05, 0.1) is 7.11 Å². The monoisotopic (exact) mass is 266 g/mol. The van der Waals surface area contributed by atoms with Crippen LogP contribution in [0.4, 0.5) is 0 Å². The molecule has 0 bridgehead atoms. The fourth-order valence-electron chi connectivity index (χ4n) is 1.96. The van der Waals surface area contributed by atoms with Crippen molar-refractivity contribution in [1.82, 2.24) is 0 Å². The summed E-state index contributed by atoms with van der Waals surface area (Å²) in [6, 6.07) is 3.69. The van der Waals surface area contributed by atoms with Crippen LogP contribution in [0.25, 0.3) is 0 Å². The smallest absolute Gasteiger partial charge is 0.303 e. The van der Waals surface area contributed by atoms with Crippen LogP contribution in [0.15, 0.2) is 12.1 Å². The molecule has 4 heteroatoms. The summed E-state index contributed by atoms with van der Waals surface area (Å²) in [6.07, 6.45) is 1.22. The van der Waals surface area contributed by atoms with Gasteiger partial charge in [0.2, 0.25) is 0 Å². The first-order valence-corrected chi connectivity index (χ1v) is 6.38. The summed E-state index contributed by atoms with van der Waals surface area (Å²) >= 11 is 0. The van der Waals surface area contributed by atoms with Crippen LogP contribution in [0.1, 0.15) is 44.7 Å². The Hall–Kier alpha value is -1.71. The van der Waals surface area contributed by atoms with Crippen molar-refractivity contribution in [3.63, 3.8) is 0 Å². The molecular formula is C15H22O4. The number of benzene rings is 1. The van der Waals surface area contributed by atoms with E-state index in [2.05, 4.69) is 20.8 Å². The van der Waals surface area contributed by atoms with Crippen molar-refractivity contribution in [2.24, 2.45) is 0 Å². The molecule has 0 spiro atoms. The third-order valence-electron chi connectivity index (χ3n) is 3.05. The second-order valence-corrected chi connectivity index (χ2v) is 5.69. The number of aliphatic carboxylic acids is 1. The van der Waals surface area contributed by atoms with E-state index in [9.17, 15) is 9.90 Å². The lowest BCUT2D eigenvalue weighted by Gasteiger charge is -2.22. The van der Waals surface area contributed by atoms with Gasteiger partial charge in [-0.05, 0) is 35.4 Å². The average molecular weight is 266 g/mol. The molecule has 19 heavy (non-hydrogen) atoms. The molecule has 1 aromatic carbocycles. The lowest BCUT2D eigenvalue weighted by molar-refractivity contribution is -0.137. The molecule has 4 nitrogen and oxygen atoms in total. The van der Waals surface area contributed by atoms with Crippen molar-refractivity contribution in [3.8, 4) is 11.5 Å². The van der Waals surface area contributed by atoms with E-state index in [4.69, 9.17) is 9.84 Å². The number of rotatable bonds is 5. The van der Waals surface area contributed by atoms with Crippen LogP contribution in [0.2, 0.25) is 0 Å². The maximum absolute atomic E-state index is 10.6. The van der Waals surface area contributed by atoms with Gasteiger partial charge in [0.15, 0.2) is 11.5 Å². The van der Waals surface area contributed by atoms with E-state index in [0.717, 1.165) is 11.1 Å². The maximum Gasteiger partial charge on any atom is 0.303 e. The molecule has 0 aliphatic carbocycles. The summed E-state index contributed by atoms with van der Waals surface area (Å²) in [6.45, 7) is 6.19. The largest absolute Gasteiger partial charge is 0.504 e. The number of aromatic hydroxyl groups is 1. The highest BCUT2D eigenvalue weighted by atomic mass is 16.5. The lowest BCUT2D eigenvalue weighted by atomic mass is 9.85. The van der Waals surface area contributed by atoms with Crippen molar-refractivity contribution in [2.45, 2.75) is 45.4 Å². The van der Waals surface area contributed by atoms with Crippen LogP contribution < -0.4 is 4.74 Å². The van der Waals surface area contributed by atoms with E-state index in [-0.39, 0.29) is 17.6 Å². The molecule has 2 N–H and O–H groups in total. The van der Waals surface area contributed by atoms with Gasteiger partial charge in [-0.1, -0.05) is 26.8 Å². The van der Waals surface area contributed by atoms with Gasteiger partial charge in [-0.2, -0.15) is 0 Å². The van der Waals surface area contributed by atoms with Crippen molar-refractivity contribution in [1.29, 1.82) is 0 Å². The van der Waals surface area contributed by atoms with E-state index >= 15 is 0 Å². The van der Waals surface area contributed by atoms with E-state index in [1.165, 1.54) is 7.11 Å². The number of carbonyl (C=O) groups is 1. The Bertz CT molecular complexity index is 458. The van der Waals surface area contributed by atoms with Gasteiger partial charge in [-0.25, -0.2) is 0 Å². The van der Waals surface area contributed by atoms with Crippen molar-refractivity contribution < 1.29 is 19.7 Å². The SMILES string of the molecule is COc1c(O)cc(C(C)(C)C)cc1CCCC(=O)O. The summed E-state index contributed by atoms with van der Waals surface area (Å²) in [5.41, 5.74) is 1.79. The van der Waals surface area contributed by atoms with Crippen molar-refractivity contribution >= 4 is 5.97 Å². The zero-order valence-electron chi connectivity index (χ0n) is 12.0. The van der Waals surface area contributed by atoms with E-state index < -0.39 is 5.97 Å². The lowest BCUT2D eigenvalue weighted by Crippen LogP contribution is -2.12. The molecule has 1 aromatic rings. The number of phenolic OH excluding ortho intramolecular Hbond substituents is 1. The fraction of sp³-hybridized carbons (Fsp3) is 0.533. The van der Waals surface area contributed by atoms with E-state index in [0.29, 0.717) is 18.6 Å². The van der Waals surface area contributed by atoms with E-state index in [1.807, 2.05) is 6.07 Å². The molecule has 0 aromatic heterocycles. The number of methoxy groups -OCH3 is 1. The van der Waals surface area contributed by atoms with Crippen molar-refractivity contribution in [3.05, 3.63) is 23.3 Å². The standard InChI is InChI=1S/C15H22O4/c1-15(2,3)11-8-10(6-5-7-13(17)18)14(19-4)12(16)9-11/h8-9,16H,5-7H2,1-4H3,(H,17,18). The average Bonchev–Trinajstić information content (AvgIpc) is 2.26. The van der Waals surface area contributed by atoms with Crippen LogP contribution >= 0.6 is 0 Å². The number of phenols is 1. The number of hydrogen-bond acceptors (Lipinski definition) is 3. The molecule has 106 valence electrons. The highest BCUT2D eigenvalue weighted by Crippen LogP contribution is 2.36. The van der Waals surface area contributed by atoms with Crippen LogP contribution in [-0.2, 0) is 16.6 Å². The molecule has 0 aliphatic rings. The molecule has 0 saturated carbocycles. The topological polar surface area (TPSA) is 66.8 Å². The van der Waals surface area contributed by atoms with Gasteiger partial charge in [-0.15, -0.1) is 0 Å². The molecule has 0 fully saturated rings. The first kappa shape index (κ1) is 15.3. The van der Waals surface area contributed by atoms with E-state index in [1.54, 1.807) is 6.07 Å². The molecule has 0 unspecified atom stereocenters. The molecule has 0 atom stereocenters. The molecule has 0 radical (unpaired) electrons. The van der Waals surface area contributed by atoms with Gasteiger partial charge in [0.25, 0.3) is 0 Å². The van der Waals surface area contributed by atoms with Crippen LogP contribution in [-0.4, -0.2) is 23.3 Å². The number of hydrogen-bond donors (Lipinski definition) is 2. The van der Waals surface area contributed by atoms with Gasteiger partial charge in [0, 0.05) is 6.42 Å². The second-order valence-electron chi connectivity index (χ2n) is 5.69. The van der Waals surface area contributed by atoms with Gasteiger partial charge < -0.3 is 14.9 Å². The fourth-order valence-corrected chi connectivity index (χ4v) is 1.96. The van der Waals surface area contributed by atoms with Crippen LogP contribution in [0, 0.1) is 0 Å². The second kappa shape index (κ2) is 5.95. The predicted octanol–water partition coefficient (Wildman–Crippen LogP) is 3.11. The summed E-state index contributed by atoms with van der Waals surface area (Å²) in [4.78, 5) is 10.6. The molecule has 0 saturated heterocycles. The summed E-state index contributed by atoms with van der Waals surface area (Å²) in [5, 5.41) is 18.7. The number of aryl methyl sites for hydroxylation is 1. The Kier molecular flexibility index (Phi) is 4.81. The zero-order chi connectivity index (χ0) is 14.6. The highest BCUT2D eigenvalue weighted by molar-refractivity contribution is 5.66. The number of ether oxygens (including phenoxy) is 1. The predicted molar refractivity (Wildman–Crippen MR) is 73.9 cm³/mol. The third kappa shape index (κ3) is 4.16. The van der Waals surface area contributed by atoms with Crippen LogP contribution in [0.5, 0.6) is 11.5 Å². The minimum Gasteiger partial charge on any atom is -0.504 e. The summed E-state index contributed by atoms with van der Waals surface area (Å²) < 4.78 is 5.20. The number of carboxylic acids is 1. The quantitative estimate of drug-likeness (QED) is 0.859. The molecule has 0 amide bonds. The normalized spacial score (nSPS) is 11.4. The van der Waals surface area contributed by atoms with Crippen LogP contribution in [0.3, 0.4) is 0 Å². The highest BCUT2D eigenvalue weighted by Gasteiger charge is 2.19. The Morgan fingerprint density at radius 3 is 2.42 bits per heavy atom. The maximum atomic E-state index is 10.6. The Balaban J connectivity index is 3.05. The Morgan fingerprint density at radius 2 is 1.95 bits per heavy atom. The Labute approximate surface area is 114 Å². The minimum atomic E-state index is -0.810. The molecular weight excluding hydrogens is 244 g/mol. The van der Waals surface area contributed by atoms with Crippen molar-refractivity contribution in [2.75, 3.05) is 7.11 Å². The molecule has 0 aliphatic heterocycles. The zero-order valence-corrected chi connectivity index (χ0v) is 12.0. The summed E-state index contributed by atoms with van der Waals surface area (Å²) in [7, 11) is 1.51. The third-order valence-corrected chi connectivity index (χ3v) is 3.05. The summed E-state index contributed by atoms with van der Waals surface area (Å²) in [5.74, 6) is -0.256. The first-order chi connectivity index (χ1) is 8.75. The number of carboxylic acid groups (broad SMARTS) is 1. The van der Waals surface area contributed by atoms with Gasteiger partial charge in [-0.3, -0.25) is 4.79 Å². The minimum absolute atomic E-state index is 0.0781. The van der Waals surface area contributed by atoms with Gasteiger partial charge >= 0.3 is 5.97 Å². The first-order valence-electron chi connectivity index (χ1n) is 6.38. The Morgan fingerprint density at radius 1 is 1.32 bits per heavy atom. The molecule has 0 heterocycles. The molecule has 1 rings (SSSR count).